The van der Waals surface area contributed by atoms with Crippen LogP contribution in [0.15, 0.2) is 73.3 Å². The molecular formula is C22H26N2O3S. The standard InChI is InChI=1S/C22H26N2O3S/c1-2-17-28(26,27)18-21(25)23-13-15-24(16-14-23)22(19-9-5-3-6-10-19)20-11-7-4-8-12-20/h2-12,22H,1,13-18H2. The zero-order chi connectivity index (χ0) is 20.0. The number of nitrogens with zero attached hydrogens (tertiary/aromatic N) is 2. The molecule has 0 unspecified atom stereocenters. The van der Waals surface area contributed by atoms with Gasteiger partial charge in [-0.05, 0) is 11.1 Å². The average Bonchev–Trinajstić information content (AvgIpc) is 2.70. The van der Waals surface area contributed by atoms with E-state index in [1.54, 1.807) is 4.90 Å². The SMILES string of the molecule is C=CCS(=O)(=O)CC(=O)N1CCN(C(c2ccccc2)c2ccccc2)CC1. The smallest absolute Gasteiger partial charge is 0.237 e. The zero-order valence-corrected chi connectivity index (χ0v) is 16.7. The van der Waals surface area contributed by atoms with E-state index in [-0.39, 0.29) is 17.7 Å². The zero-order valence-electron chi connectivity index (χ0n) is 15.9. The highest BCUT2D eigenvalue weighted by Crippen LogP contribution is 2.29. The van der Waals surface area contributed by atoms with Crippen LogP contribution in [0.25, 0.3) is 0 Å². The summed E-state index contributed by atoms with van der Waals surface area (Å²) < 4.78 is 23.8. The van der Waals surface area contributed by atoms with Crippen molar-refractivity contribution in [2.75, 3.05) is 37.7 Å². The normalized spacial score (nSPS) is 15.5. The number of hydrogen-bond donors (Lipinski definition) is 0. The van der Waals surface area contributed by atoms with E-state index in [0.29, 0.717) is 26.2 Å². The fraction of sp³-hybridized carbons (Fsp3) is 0.318. The molecule has 0 saturated carbocycles. The van der Waals surface area contributed by atoms with Gasteiger partial charge < -0.3 is 4.90 Å². The summed E-state index contributed by atoms with van der Waals surface area (Å²) in [7, 11) is -3.42. The molecule has 2 aromatic carbocycles. The molecule has 28 heavy (non-hydrogen) atoms. The summed E-state index contributed by atoms with van der Waals surface area (Å²) in [6.07, 6.45) is 1.32. The molecule has 2 aromatic rings. The van der Waals surface area contributed by atoms with Crippen LogP contribution in [-0.4, -0.2) is 61.8 Å². The summed E-state index contributed by atoms with van der Waals surface area (Å²) in [6, 6.07) is 20.8. The summed E-state index contributed by atoms with van der Waals surface area (Å²) in [5.41, 5.74) is 2.42. The second-order valence-electron chi connectivity index (χ2n) is 6.98. The molecule has 0 aromatic heterocycles. The second kappa shape index (κ2) is 9.17. The number of hydrogen-bond acceptors (Lipinski definition) is 4. The van der Waals surface area contributed by atoms with E-state index in [9.17, 15) is 13.2 Å². The Balaban J connectivity index is 1.71. The number of amides is 1. The minimum atomic E-state index is -3.42. The first-order valence-electron chi connectivity index (χ1n) is 9.43. The monoisotopic (exact) mass is 398 g/mol. The van der Waals surface area contributed by atoms with Gasteiger partial charge in [-0.3, -0.25) is 9.69 Å². The van der Waals surface area contributed by atoms with Gasteiger partial charge >= 0.3 is 0 Å². The highest BCUT2D eigenvalue weighted by atomic mass is 32.2. The van der Waals surface area contributed by atoms with Gasteiger partial charge in [0.2, 0.25) is 5.91 Å². The van der Waals surface area contributed by atoms with Crippen LogP contribution in [0.5, 0.6) is 0 Å². The van der Waals surface area contributed by atoms with Gasteiger partial charge in [-0.2, -0.15) is 0 Å². The van der Waals surface area contributed by atoms with E-state index in [1.807, 2.05) is 36.4 Å². The first-order chi connectivity index (χ1) is 13.5. The van der Waals surface area contributed by atoms with Crippen LogP contribution in [-0.2, 0) is 14.6 Å². The van der Waals surface area contributed by atoms with Crippen molar-refractivity contribution in [2.45, 2.75) is 6.04 Å². The lowest BCUT2D eigenvalue weighted by Gasteiger charge is -2.39. The molecule has 0 spiro atoms. The van der Waals surface area contributed by atoms with Gasteiger partial charge in [0, 0.05) is 26.2 Å². The van der Waals surface area contributed by atoms with E-state index in [1.165, 1.54) is 17.2 Å². The molecule has 0 N–H and O–H groups in total. The lowest BCUT2D eigenvalue weighted by Crippen LogP contribution is -2.51. The van der Waals surface area contributed by atoms with Crippen molar-refractivity contribution in [3.63, 3.8) is 0 Å². The van der Waals surface area contributed by atoms with Crippen LogP contribution in [0.1, 0.15) is 17.2 Å². The van der Waals surface area contributed by atoms with Gasteiger partial charge in [-0.25, -0.2) is 8.42 Å². The van der Waals surface area contributed by atoms with Crippen molar-refractivity contribution in [1.82, 2.24) is 9.80 Å². The maximum atomic E-state index is 12.4. The van der Waals surface area contributed by atoms with Crippen molar-refractivity contribution >= 4 is 15.7 Å². The van der Waals surface area contributed by atoms with Crippen LogP contribution in [0.3, 0.4) is 0 Å². The van der Waals surface area contributed by atoms with Gasteiger partial charge in [0.1, 0.15) is 5.75 Å². The van der Waals surface area contributed by atoms with Gasteiger partial charge in [-0.15, -0.1) is 6.58 Å². The number of carbonyl (C=O) groups is 1. The molecule has 0 aliphatic carbocycles. The van der Waals surface area contributed by atoms with E-state index in [4.69, 9.17) is 0 Å². The molecule has 1 aliphatic rings. The molecule has 5 nitrogen and oxygen atoms in total. The molecule has 148 valence electrons. The molecule has 1 amide bonds. The van der Waals surface area contributed by atoms with Gasteiger partial charge in [0.15, 0.2) is 9.84 Å². The van der Waals surface area contributed by atoms with Crippen LogP contribution < -0.4 is 0 Å². The molecule has 1 aliphatic heterocycles. The number of piperazine rings is 1. The second-order valence-corrected chi connectivity index (χ2v) is 9.09. The summed E-state index contributed by atoms with van der Waals surface area (Å²) in [5, 5.41) is 0. The Morgan fingerprint density at radius 1 is 0.929 bits per heavy atom. The summed E-state index contributed by atoms with van der Waals surface area (Å²) in [5.74, 6) is -0.930. The Hall–Kier alpha value is -2.44. The van der Waals surface area contributed by atoms with Crippen LogP contribution in [0.4, 0.5) is 0 Å². The third kappa shape index (κ3) is 5.09. The van der Waals surface area contributed by atoms with Crippen LogP contribution in [0, 0.1) is 0 Å². The Kier molecular flexibility index (Phi) is 6.65. The van der Waals surface area contributed by atoms with Gasteiger partial charge in [-0.1, -0.05) is 66.7 Å². The molecule has 3 rings (SSSR count). The highest BCUT2D eigenvalue weighted by Gasteiger charge is 2.29. The summed E-state index contributed by atoms with van der Waals surface area (Å²) >= 11 is 0. The van der Waals surface area contributed by atoms with Crippen molar-refractivity contribution in [1.29, 1.82) is 0 Å². The fourth-order valence-corrected chi connectivity index (χ4v) is 4.67. The summed E-state index contributed by atoms with van der Waals surface area (Å²) in [6.45, 7) is 5.89. The minimum absolute atomic E-state index is 0.115. The quantitative estimate of drug-likeness (QED) is 0.673. The van der Waals surface area contributed by atoms with Crippen molar-refractivity contribution < 1.29 is 13.2 Å². The molecule has 0 bridgehead atoms. The molecule has 1 saturated heterocycles. The highest BCUT2D eigenvalue weighted by molar-refractivity contribution is 7.92. The Bertz CT molecular complexity index is 850. The van der Waals surface area contributed by atoms with Crippen LogP contribution in [0.2, 0.25) is 0 Å². The van der Waals surface area contributed by atoms with E-state index in [0.717, 1.165) is 0 Å². The van der Waals surface area contributed by atoms with Crippen molar-refractivity contribution in [3.8, 4) is 0 Å². The predicted molar refractivity (Wildman–Crippen MR) is 112 cm³/mol. The largest absolute Gasteiger partial charge is 0.339 e. The Labute approximate surface area is 167 Å². The Morgan fingerprint density at radius 2 is 1.43 bits per heavy atom. The molecule has 1 fully saturated rings. The maximum absolute atomic E-state index is 12.4. The first-order valence-corrected chi connectivity index (χ1v) is 11.3. The number of benzene rings is 2. The van der Waals surface area contributed by atoms with Crippen molar-refractivity contribution in [3.05, 3.63) is 84.4 Å². The third-order valence-corrected chi connectivity index (χ3v) is 6.41. The molecule has 0 atom stereocenters. The van der Waals surface area contributed by atoms with Crippen molar-refractivity contribution in [2.24, 2.45) is 0 Å². The number of sulfone groups is 1. The molecule has 1 heterocycles. The third-order valence-electron chi connectivity index (χ3n) is 4.98. The van der Waals surface area contributed by atoms with E-state index >= 15 is 0 Å². The lowest BCUT2D eigenvalue weighted by molar-refractivity contribution is -0.130. The Morgan fingerprint density at radius 3 is 1.89 bits per heavy atom. The molecule has 0 radical (unpaired) electrons. The first kappa shape index (κ1) is 20.3. The summed E-state index contributed by atoms with van der Waals surface area (Å²) in [4.78, 5) is 16.4. The topological polar surface area (TPSA) is 57.7 Å². The van der Waals surface area contributed by atoms with E-state index < -0.39 is 15.6 Å². The maximum Gasteiger partial charge on any atom is 0.237 e. The number of carbonyl (C=O) groups excluding carboxylic acids is 1. The van der Waals surface area contributed by atoms with E-state index in [2.05, 4.69) is 35.7 Å². The van der Waals surface area contributed by atoms with Gasteiger partial charge in [0.05, 0.1) is 11.8 Å². The number of rotatable bonds is 7. The fourth-order valence-electron chi connectivity index (χ4n) is 3.63. The van der Waals surface area contributed by atoms with Crippen LogP contribution >= 0.6 is 0 Å². The molecular weight excluding hydrogens is 372 g/mol. The minimum Gasteiger partial charge on any atom is -0.339 e. The average molecular weight is 399 g/mol. The predicted octanol–water partition coefficient (Wildman–Crippen LogP) is 2.52. The lowest BCUT2D eigenvalue weighted by atomic mass is 9.96. The molecule has 6 heteroatoms. The van der Waals surface area contributed by atoms with Gasteiger partial charge in [0.25, 0.3) is 0 Å².